The normalized spacial score (nSPS) is 33.7. The molecule has 0 aliphatic heterocycles. The number of hydrogen-bond acceptors (Lipinski definition) is 1. The first-order valence-electron chi connectivity index (χ1n) is 9.70. The van der Waals surface area contributed by atoms with Gasteiger partial charge < -0.3 is 4.74 Å². The van der Waals surface area contributed by atoms with Crippen molar-refractivity contribution >= 4 is 0 Å². The van der Waals surface area contributed by atoms with Gasteiger partial charge in [-0.1, -0.05) is 31.2 Å². The first kappa shape index (κ1) is 17.8. The summed E-state index contributed by atoms with van der Waals surface area (Å²) < 4.78 is 5.53. The van der Waals surface area contributed by atoms with Crippen molar-refractivity contribution in [3.8, 4) is 0 Å². The number of hydrogen-bond donors (Lipinski definition) is 0. The summed E-state index contributed by atoms with van der Waals surface area (Å²) in [6, 6.07) is 0. The summed E-state index contributed by atoms with van der Waals surface area (Å²) in [6.07, 6.45) is 22.0. The number of ether oxygens (including phenoxy) is 1. The second-order valence-corrected chi connectivity index (χ2v) is 7.38. The molecule has 0 unspecified atom stereocenters. The molecule has 22 heavy (non-hydrogen) atoms. The molecule has 0 aromatic rings. The van der Waals surface area contributed by atoms with Gasteiger partial charge >= 0.3 is 0 Å². The Labute approximate surface area is 138 Å². The molecule has 2 fully saturated rings. The molecule has 0 spiro atoms. The molecule has 0 amide bonds. The predicted molar refractivity (Wildman–Crippen MR) is 96.0 cm³/mol. The summed E-state index contributed by atoms with van der Waals surface area (Å²) in [5.41, 5.74) is 0. The third-order valence-electron chi connectivity index (χ3n) is 5.74. The average molecular weight is 305 g/mol. The summed E-state index contributed by atoms with van der Waals surface area (Å²) >= 11 is 0. The van der Waals surface area contributed by atoms with Crippen LogP contribution in [-0.2, 0) is 4.74 Å². The lowest BCUT2D eigenvalue weighted by atomic mass is 9.69. The minimum Gasteiger partial charge on any atom is -0.377 e. The van der Waals surface area contributed by atoms with Crippen LogP contribution in [0.2, 0.25) is 0 Å². The van der Waals surface area contributed by atoms with Crippen LogP contribution in [0.3, 0.4) is 0 Å². The van der Waals surface area contributed by atoms with Crippen molar-refractivity contribution in [3.63, 3.8) is 0 Å². The molecule has 2 aliphatic rings. The Hall–Kier alpha value is -0.560. The van der Waals surface area contributed by atoms with Crippen molar-refractivity contribution in [3.05, 3.63) is 24.3 Å². The fourth-order valence-electron chi connectivity index (χ4n) is 4.43. The second-order valence-electron chi connectivity index (χ2n) is 7.38. The average Bonchev–Trinajstić information content (AvgIpc) is 2.56. The van der Waals surface area contributed by atoms with E-state index in [-0.39, 0.29) is 0 Å². The Morgan fingerprint density at radius 3 is 1.86 bits per heavy atom. The van der Waals surface area contributed by atoms with Crippen LogP contribution in [0, 0.1) is 23.7 Å². The first-order chi connectivity index (χ1) is 10.8. The van der Waals surface area contributed by atoms with E-state index in [1.807, 2.05) is 0 Å². The van der Waals surface area contributed by atoms with Gasteiger partial charge in [-0.25, -0.2) is 0 Å². The molecule has 0 aromatic carbocycles. The van der Waals surface area contributed by atoms with Crippen LogP contribution >= 0.6 is 0 Å². The molecule has 0 bridgehead atoms. The van der Waals surface area contributed by atoms with Gasteiger partial charge in [-0.2, -0.15) is 0 Å². The zero-order valence-electron chi connectivity index (χ0n) is 14.8. The molecule has 0 radical (unpaired) electrons. The van der Waals surface area contributed by atoms with Crippen molar-refractivity contribution < 1.29 is 4.74 Å². The minimum absolute atomic E-state index is 0.808. The van der Waals surface area contributed by atoms with Gasteiger partial charge in [-0.3, -0.25) is 0 Å². The molecule has 2 rings (SSSR count). The minimum atomic E-state index is 0.808. The third kappa shape index (κ3) is 5.91. The quantitative estimate of drug-likeness (QED) is 0.404. The number of allylic oxidation sites excluding steroid dienone is 3. The maximum atomic E-state index is 5.53. The molecule has 2 aliphatic carbocycles. The van der Waals surface area contributed by atoms with Gasteiger partial charge in [-0.05, 0) is 88.4 Å². The zero-order valence-corrected chi connectivity index (χ0v) is 14.8. The summed E-state index contributed by atoms with van der Waals surface area (Å²) in [7, 11) is 0. The Bertz CT molecular complexity index is 328. The molecular weight excluding hydrogens is 268 g/mol. The van der Waals surface area contributed by atoms with Gasteiger partial charge in [0.2, 0.25) is 0 Å². The van der Waals surface area contributed by atoms with Crippen molar-refractivity contribution in [2.45, 2.75) is 71.6 Å². The first-order valence-corrected chi connectivity index (χ1v) is 9.70. The monoisotopic (exact) mass is 304 g/mol. The third-order valence-corrected chi connectivity index (χ3v) is 5.74. The SMILES string of the molecule is C/C=C/[C@H]1CC[C@H](C2CCC(/C=C/COCCC)CC2)CC1. The van der Waals surface area contributed by atoms with Gasteiger partial charge in [0.1, 0.15) is 0 Å². The van der Waals surface area contributed by atoms with Crippen molar-refractivity contribution in [2.75, 3.05) is 13.2 Å². The van der Waals surface area contributed by atoms with Gasteiger partial charge in [-0.15, -0.1) is 0 Å². The Morgan fingerprint density at radius 1 is 0.818 bits per heavy atom. The maximum absolute atomic E-state index is 5.53. The van der Waals surface area contributed by atoms with Gasteiger partial charge in [0.05, 0.1) is 6.61 Å². The van der Waals surface area contributed by atoms with Gasteiger partial charge in [0, 0.05) is 6.61 Å². The fourth-order valence-corrected chi connectivity index (χ4v) is 4.43. The summed E-state index contributed by atoms with van der Waals surface area (Å²) in [6.45, 7) is 6.03. The van der Waals surface area contributed by atoms with Gasteiger partial charge in [0.15, 0.2) is 0 Å². The highest BCUT2D eigenvalue weighted by atomic mass is 16.5. The fraction of sp³-hybridized carbons (Fsp3) is 0.810. The van der Waals surface area contributed by atoms with Crippen LogP contribution in [0.1, 0.15) is 71.6 Å². The van der Waals surface area contributed by atoms with Crippen LogP contribution in [-0.4, -0.2) is 13.2 Å². The van der Waals surface area contributed by atoms with E-state index in [4.69, 9.17) is 4.74 Å². The van der Waals surface area contributed by atoms with Crippen molar-refractivity contribution in [1.82, 2.24) is 0 Å². The Morgan fingerprint density at radius 2 is 1.36 bits per heavy atom. The van der Waals surface area contributed by atoms with Crippen molar-refractivity contribution in [2.24, 2.45) is 23.7 Å². The van der Waals surface area contributed by atoms with E-state index in [0.717, 1.165) is 43.3 Å². The lowest BCUT2D eigenvalue weighted by Crippen LogP contribution is -2.25. The largest absolute Gasteiger partial charge is 0.377 e. The molecule has 2 saturated carbocycles. The van der Waals surface area contributed by atoms with E-state index in [9.17, 15) is 0 Å². The standard InChI is InChI=1S/C21H36O/c1-3-6-18-8-12-20(13-9-18)21-14-10-19(11-15-21)7-5-17-22-16-4-2/h3,5-7,18-21H,4,8-17H2,1-2H3/b6-3+,7-5+/t18-,19?,20-,21?. The molecule has 0 saturated heterocycles. The maximum Gasteiger partial charge on any atom is 0.0647 e. The highest BCUT2D eigenvalue weighted by Crippen LogP contribution is 2.41. The van der Waals surface area contributed by atoms with Crippen LogP contribution in [0.25, 0.3) is 0 Å². The van der Waals surface area contributed by atoms with E-state index >= 15 is 0 Å². The van der Waals surface area contributed by atoms with Crippen LogP contribution in [0.15, 0.2) is 24.3 Å². The summed E-state index contributed by atoms with van der Waals surface area (Å²) in [4.78, 5) is 0. The molecule has 0 aromatic heterocycles. The summed E-state index contributed by atoms with van der Waals surface area (Å²) in [5.74, 6) is 3.75. The Kier molecular flexibility index (Phi) is 8.30. The molecule has 0 heterocycles. The van der Waals surface area contributed by atoms with Crippen LogP contribution in [0.4, 0.5) is 0 Å². The molecule has 1 heteroatoms. The highest BCUT2D eigenvalue weighted by molar-refractivity contribution is 4.94. The van der Waals surface area contributed by atoms with E-state index < -0.39 is 0 Å². The Balaban J connectivity index is 1.63. The lowest BCUT2D eigenvalue weighted by molar-refractivity contribution is 0.159. The smallest absolute Gasteiger partial charge is 0.0647 e. The van der Waals surface area contributed by atoms with E-state index in [1.54, 1.807) is 0 Å². The van der Waals surface area contributed by atoms with E-state index in [0.29, 0.717) is 0 Å². The second kappa shape index (κ2) is 10.3. The molecular formula is C21H36O. The molecule has 0 atom stereocenters. The lowest BCUT2D eigenvalue weighted by Gasteiger charge is -2.36. The van der Waals surface area contributed by atoms with E-state index in [1.165, 1.54) is 51.4 Å². The van der Waals surface area contributed by atoms with Crippen LogP contribution in [0.5, 0.6) is 0 Å². The number of rotatable bonds is 7. The highest BCUT2D eigenvalue weighted by Gasteiger charge is 2.29. The molecule has 1 nitrogen and oxygen atoms in total. The molecule has 0 N–H and O–H groups in total. The zero-order chi connectivity index (χ0) is 15.6. The predicted octanol–water partition coefficient (Wildman–Crippen LogP) is 6.16. The van der Waals surface area contributed by atoms with Crippen molar-refractivity contribution in [1.29, 1.82) is 0 Å². The van der Waals surface area contributed by atoms with Crippen LogP contribution < -0.4 is 0 Å². The summed E-state index contributed by atoms with van der Waals surface area (Å²) in [5, 5.41) is 0. The topological polar surface area (TPSA) is 9.23 Å². The van der Waals surface area contributed by atoms with E-state index in [2.05, 4.69) is 38.2 Å². The molecule has 126 valence electrons. The van der Waals surface area contributed by atoms with Gasteiger partial charge in [0.25, 0.3) is 0 Å².